The van der Waals surface area contributed by atoms with E-state index >= 15 is 0 Å². The van der Waals surface area contributed by atoms with Gasteiger partial charge in [0.15, 0.2) is 0 Å². The number of alkyl halides is 3. The number of hydrogen-bond donors (Lipinski definition) is 1. The van der Waals surface area contributed by atoms with Crippen LogP contribution in [-0.4, -0.2) is 54.2 Å². The van der Waals surface area contributed by atoms with Gasteiger partial charge in [-0.15, -0.1) is 0 Å². The maximum Gasteiger partial charge on any atom is 0.401 e. The number of piperazine rings is 1. The van der Waals surface area contributed by atoms with Crippen molar-refractivity contribution in [2.75, 3.05) is 31.1 Å². The second-order valence-electron chi connectivity index (χ2n) is 5.27. The van der Waals surface area contributed by atoms with E-state index in [2.05, 4.69) is 4.98 Å². The van der Waals surface area contributed by atoms with E-state index in [9.17, 15) is 18.0 Å². The van der Waals surface area contributed by atoms with E-state index in [4.69, 9.17) is 17.3 Å². The Hall–Kier alpha value is -1.54. The SMILES string of the molecule is CC1CN(c2ncc(C(N)=O)cc2Cl)CCN1CC(F)(F)F. The van der Waals surface area contributed by atoms with Crippen LogP contribution in [-0.2, 0) is 0 Å². The topological polar surface area (TPSA) is 62.5 Å². The van der Waals surface area contributed by atoms with E-state index in [1.165, 1.54) is 17.2 Å². The van der Waals surface area contributed by atoms with Crippen molar-refractivity contribution in [1.82, 2.24) is 9.88 Å². The van der Waals surface area contributed by atoms with Gasteiger partial charge in [-0.3, -0.25) is 9.69 Å². The number of primary amides is 1. The largest absolute Gasteiger partial charge is 0.401 e. The minimum Gasteiger partial charge on any atom is -0.366 e. The first-order chi connectivity index (χ1) is 10.2. The second-order valence-corrected chi connectivity index (χ2v) is 5.68. The van der Waals surface area contributed by atoms with Gasteiger partial charge in [0.2, 0.25) is 5.91 Å². The number of nitrogens with zero attached hydrogens (tertiary/aromatic N) is 3. The van der Waals surface area contributed by atoms with Gasteiger partial charge >= 0.3 is 6.18 Å². The number of carbonyl (C=O) groups excluding carboxylic acids is 1. The quantitative estimate of drug-likeness (QED) is 0.916. The number of hydrogen-bond acceptors (Lipinski definition) is 4. The highest BCUT2D eigenvalue weighted by molar-refractivity contribution is 6.33. The van der Waals surface area contributed by atoms with Gasteiger partial charge in [-0.2, -0.15) is 13.2 Å². The standard InChI is InChI=1S/C13H16ClF3N4O/c1-8-6-20(2-3-21(8)7-13(15,16)17)12-10(14)4-9(5-19-12)11(18)22/h4-5,8H,2-3,6-7H2,1H3,(H2,18,22). The molecule has 9 heteroatoms. The number of anilines is 1. The minimum atomic E-state index is -4.21. The van der Waals surface area contributed by atoms with Crippen LogP contribution in [0.25, 0.3) is 0 Å². The van der Waals surface area contributed by atoms with Crippen molar-refractivity contribution in [3.05, 3.63) is 22.8 Å². The predicted octanol–water partition coefficient (Wildman–Crippen LogP) is 1.91. The molecular weight excluding hydrogens is 321 g/mol. The lowest BCUT2D eigenvalue weighted by Gasteiger charge is -2.40. The lowest BCUT2D eigenvalue weighted by molar-refractivity contribution is -0.150. The normalized spacial score (nSPS) is 20.2. The molecule has 0 saturated carbocycles. The lowest BCUT2D eigenvalue weighted by Crippen LogP contribution is -2.54. The molecule has 1 aliphatic rings. The molecule has 1 fully saturated rings. The number of halogens is 4. The highest BCUT2D eigenvalue weighted by Crippen LogP contribution is 2.27. The molecule has 0 radical (unpaired) electrons. The summed E-state index contributed by atoms with van der Waals surface area (Å²) in [6.45, 7) is 1.81. The fourth-order valence-corrected chi connectivity index (χ4v) is 2.74. The van der Waals surface area contributed by atoms with Gasteiger partial charge in [-0.1, -0.05) is 11.6 Å². The Morgan fingerprint density at radius 1 is 1.50 bits per heavy atom. The van der Waals surface area contributed by atoms with Crippen molar-refractivity contribution >= 4 is 23.3 Å². The first-order valence-electron chi connectivity index (χ1n) is 6.68. The molecule has 0 spiro atoms. The van der Waals surface area contributed by atoms with E-state index in [0.29, 0.717) is 18.9 Å². The zero-order chi connectivity index (χ0) is 16.5. The molecule has 1 aliphatic heterocycles. The average molecular weight is 337 g/mol. The highest BCUT2D eigenvalue weighted by Gasteiger charge is 2.35. The van der Waals surface area contributed by atoms with Gasteiger partial charge in [-0.25, -0.2) is 4.98 Å². The molecule has 0 aliphatic carbocycles. The van der Waals surface area contributed by atoms with Gasteiger partial charge in [0, 0.05) is 31.9 Å². The second kappa shape index (κ2) is 6.29. The molecule has 2 N–H and O–H groups in total. The fourth-order valence-electron chi connectivity index (χ4n) is 2.45. The summed E-state index contributed by atoms with van der Waals surface area (Å²) in [4.78, 5) is 18.4. The highest BCUT2D eigenvalue weighted by atomic mass is 35.5. The van der Waals surface area contributed by atoms with Crippen LogP contribution in [0.1, 0.15) is 17.3 Å². The zero-order valence-corrected chi connectivity index (χ0v) is 12.7. The minimum absolute atomic E-state index is 0.192. The van der Waals surface area contributed by atoms with Crippen LogP contribution < -0.4 is 10.6 Å². The summed E-state index contributed by atoms with van der Waals surface area (Å²) in [6.07, 6.45) is -2.90. The van der Waals surface area contributed by atoms with E-state index in [1.54, 1.807) is 6.92 Å². The molecule has 1 amide bonds. The summed E-state index contributed by atoms with van der Waals surface area (Å²) in [6, 6.07) is 1.13. The van der Waals surface area contributed by atoms with Crippen molar-refractivity contribution < 1.29 is 18.0 Å². The van der Waals surface area contributed by atoms with Crippen molar-refractivity contribution in [3.63, 3.8) is 0 Å². The smallest absolute Gasteiger partial charge is 0.366 e. The molecule has 2 heterocycles. The Morgan fingerprint density at radius 3 is 2.68 bits per heavy atom. The first kappa shape index (κ1) is 16.8. The molecule has 1 aromatic rings. The summed E-state index contributed by atoms with van der Waals surface area (Å²) in [5.74, 6) is -0.186. The van der Waals surface area contributed by atoms with Crippen LogP contribution >= 0.6 is 11.6 Å². The molecule has 22 heavy (non-hydrogen) atoms. The Labute approximate surface area is 130 Å². The van der Waals surface area contributed by atoms with Gasteiger partial charge in [0.05, 0.1) is 17.1 Å². The molecule has 1 unspecified atom stereocenters. The molecule has 1 saturated heterocycles. The Kier molecular flexibility index (Phi) is 4.81. The predicted molar refractivity (Wildman–Crippen MR) is 77.1 cm³/mol. The number of pyridine rings is 1. The third kappa shape index (κ3) is 4.01. The van der Waals surface area contributed by atoms with Crippen LogP contribution in [0.15, 0.2) is 12.3 Å². The summed E-state index contributed by atoms with van der Waals surface area (Å²) in [7, 11) is 0. The molecule has 2 rings (SSSR count). The molecule has 1 atom stereocenters. The molecule has 0 aromatic carbocycles. The summed E-state index contributed by atoms with van der Waals surface area (Å²) >= 11 is 6.09. The van der Waals surface area contributed by atoms with Crippen molar-refractivity contribution in [2.45, 2.75) is 19.1 Å². The van der Waals surface area contributed by atoms with Crippen LogP contribution in [0.5, 0.6) is 0 Å². The van der Waals surface area contributed by atoms with Gasteiger partial charge in [-0.05, 0) is 13.0 Å². The molecule has 122 valence electrons. The molecule has 0 bridgehead atoms. The third-order valence-corrected chi connectivity index (χ3v) is 3.83. The lowest BCUT2D eigenvalue weighted by atomic mass is 10.2. The molecule has 5 nitrogen and oxygen atoms in total. The van der Waals surface area contributed by atoms with E-state index < -0.39 is 18.6 Å². The first-order valence-corrected chi connectivity index (χ1v) is 7.06. The van der Waals surface area contributed by atoms with Gasteiger partial charge in [0.25, 0.3) is 0 Å². The summed E-state index contributed by atoms with van der Waals surface area (Å²) in [5.41, 5.74) is 5.34. The number of amides is 1. The van der Waals surface area contributed by atoms with Crippen molar-refractivity contribution in [1.29, 1.82) is 0 Å². The van der Waals surface area contributed by atoms with Crippen molar-refractivity contribution in [2.24, 2.45) is 5.73 Å². The number of rotatable bonds is 3. The Morgan fingerprint density at radius 2 is 2.18 bits per heavy atom. The van der Waals surface area contributed by atoms with E-state index in [1.807, 2.05) is 4.90 Å². The Bertz CT molecular complexity index is 567. The van der Waals surface area contributed by atoms with Crippen LogP contribution in [0.4, 0.5) is 19.0 Å². The van der Waals surface area contributed by atoms with Crippen LogP contribution in [0.2, 0.25) is 5.02 Å². The van der Waals surface area contributed by atoms with Crippen LogP contribution in [0.3, 0.4) is 0 Å². The fraction of sp³-hybridized carbons (Fsp3) is 0.538. The maximum atomic E-state index is 12.5. The number of aromatic nitrogens is 1. The van der Waals surface area contributed by atoms with Crippen LogP contribution in [0, 0.1) is 0 Å². The number of nitrogens with two attached hydrogens (primary N) is 1. The van der Waals surface area contributed by atoms with E-state index in [0.717, 1.165) is 0 Å². The maximum absolute atomic E-state index is 12.5. The van der Waals surface area contributed by atoms with Crippen molar-refractivity contribution in [3.8, 4) is 0 Å². The van der Waals surface area contributed by atoms with Gasteiger partial charge in [0.1, 0.15) is 5.82 Å². The number of carbonyl (C=O) groups is 1. The third-order valence-electron chi connectivity index (χ3n) is 3.55. The zero-order valence-electron chi connectivity index (χ0n) is 11.9. The summed E-state index contributed by atoms with van der Waals surface area (Å²) < 4.78 is 37.5. The average Bonchev–Trinajstić information content (AvgIpc) is 2.39. The molecular formula is C13H16ClF3N4O. The van der Waals surface area contributed by atoms with E-state index in [-0.39, 0.29) is 23.2 Å². The molecule has 1 aromatic heterocycles. The van der Waals surface area contributed by atoms with Gasteiger partial charge < -0.3 is 10.6 Å². The Balaban J connectivity index is 2.09. The monoisotopic (exact) mass is 336 g/mol. The summed E-state index contributed by atoms with van der Waals surface area (Å²) in [5, 5.41) is 0.257.